The second-order valence-corrected chi connectivity index (χ2v) is 5.84. The number of carbonyl (C=O) groups excluding carboxylic acids is 2. The summed E-state index contributed by atoms with van der Waals surface area (Å²) in [6, 6.07) is 8.23. The molecule has 0 atom stereocenters. The van der Waals surface area contributed by atoms with Gasteiger partial charge in [-0.2, -0.15) is 13.2 Å². The summed E-state index contributed by atoms with van der Waals surface area (Å²) >= 11 is 0. The smallest absolute Gasteiger partial charge is 0.421 e. The van der Waals surface area contributed by atoms with E-state index in [0.29, 0.717) is 0 Å². The largest absolute Gasteiger partial charge is 0.470 e. The van der Waals surface area contributed by atoms with Gasteiger partial charge in [-0.15, -0.1) is 0 Å². The van der Waals surface area contributed by atoms with Gasteiger partial charge in [-0.1, -0.05) is 12.1 Å². The van der Waals surface area contributed by atoms with Crippen LogP contribution in [0.25, 0.3) is 0 Å². The molecule has 1 aromatic heterocycles. The SMILES string of the molecule is COC(=O)c1ccccc1C(=O)N1CC(Oc2ncccc2C(F)(F)F)C1. The Kier molecular flexibility index (Phi) is 5.02. The first-order valence-corrected chi connectivity index (χ1v) is 7.96. The highest BCUT2D eigenvalue weighted by molar-refractivity contribution is 6.05. The van der Waals surface area contributed by atoms with E-state index in [1.165, 1.54) is 36.4 Å². The number of halogens is 3. The Hall–Kier alpha value is -3.10. The molecule has 0 unspecified atom stereocenters. The number of nitrogens with zero attached hydrogens (tertiary/aromatic N) is 2. The number of ether oxygens (including phenoxy) is 2. The standard InChI is InChI=1S/C18H15F3N2O4/c1-26-17(25)13-6-3-2-5-12(13)16(24)23-9-11(10-23)27-15-14(18(19,20)21)7-4-8-22-15/h2-8,11H,9-10H2,1H3. The van der Waals surface area contributed by atoms with Crippen LogP contribution < -0.4 is 4.74 Å². The van der Waals surface area contributed by atoms with E-state index in [4.69, 9.17) is 4.74 Å². The van der Waals surface area contributed by atoms with Crippen molar-refractivity contribution in [1.29, 1.82) is 0 Å². The lowest BCUT2D eigenvalue weighted by molar-refractivity contribution is -0.140. The lowest BCUT2D eigenvalue weighted by atomic mass is 10.0. The lowest BCUT2D eigenvalue weighted by Gasteiger charge is -2.39. The van der Waals surface area contributed by atoms with E-state index in [0.717, 1.165) is 6.07 Å². The fourth-order valence-corrected chi connectivity index (χ4v) is 2.66. The van der Waals surface area contributed by atoms with Gasteiger partial charge in [0.1, 0.15) is 11.7 Å². The van der Waals surface area contributed by atoms with E-state index in [-0.39, 0.29) is 24.2 Å². The van der Waals surface area contributed by atoms with Gasteiger partial charge in [0.15, 0.2) is 0 Å². The van der Waals surface area contributed by atoms with Gasteiger partial charge in [-0.25, -0.2) is 9.78 Å². The van der Waals surface area contributed by atoms with Gasteiger partial charge in [0.05, 0.1) is 31.3 Å². The van der Waals surface area contributed by atoms with Crippen LogP contribution in [0.1, 0.15) is 26.3 Å². The van der Waals surface area contributed by atoms with E-state index in [2.05, 4.69) is 9.72 Å². The van der Waals surface area contributed by atoms with Gasteiger partial charge in [-0.3, -0.25) is 4.79 Å². The Morgan fingerprint density at radius 2 is 1.78 bits per heavy atom. The third-order valence-corrected chi connectivity index (χ3v) is 4.05. The van der Waals surface area contributed by atoms with Crippen molar-refractivity contribution in [2.45, 2.75) is 12.3 Å². The molecule has 2 aromatic rings. The van der Waals surface area contributed by atoms with Gasteiger partial charge in [0.2, 0.25) is 5.88 Å². The maximum atomic E-state index is 13.0. The molecule has 0 saturated carbocycles. The zero-order valence-corrected chi connectivity index (χ0v) is 14.2. The number of hydrogen-bond acceptors (Lipinski definition) is 5. The first kappa shape index (κ1) is 18.7. The maximum Gasteiger partial charge on any atom is 0.421 e. The Bertz CT molecular complexity index is 864. The Balaban J connectivity index is 1.68. The molecule has 0 bridgehead atoms. The second kappa shape index (κ2) is 7.26. The van der Waals surface area contributed by atoms with Crippen LogP contribution in [0.3, 0.4) is 0 Å². The molecule has 27 heavy (non-hydrogen) atoms. The molecule has 1 aliphatic heterocycles. The number of aromatic nitrogens is 1. The van der Waals surface area contributed by atoms with Crippen LogP contribution in [0.2, 0.25) is 0 Å². The third-order valence-electron chi connectivity index (χ3n) is 4.05. The van der Waals surface area contributed by atoms with Crippen molar-refractivity contribution < 1.29 is 32.2 Å². The van der Waals surface area contributed by atoms with Crippen LogP contribution in [-0.2, 0) is 10.9 Å². The van der Waals surface area contributed by atoms with Gasteiger partial charge >= 0.3 is 12.1 Å². The predicted molar refractivity (Wildman–Crippen MR) is 87.3 cm³/mol. The number of methoxy groups -OCH3 is 1. The Morgan fingerprint density at radius 3 is 2.41 bits per heavy atom. The second-order valence-electron chi connectivity index (χ2n) is 5.84. The summed E-state index contributed by atoms with van der Waals surface area (Å²) < 4.78 is 48.9. The molecule has 6 nitrogen and oxygen atoms in total. The predicted octanol–water partition coefficient (Wildman–Crippen LogP) is 2.79. The van der Waals surface area contributed by atoms with Gasteiger partial charge in [0.25, 0.3) is 5.91 Å². The van der Waals surface area contributed by atoms with Crippen LogP contribution in [-0.4, -0.2) is 48.1 Å². The maximum absolute atomic E-state index is 13.0. The van der Waals surface area contributed by atoms with Crippen molar-refractivity contribution in [3.63, 3.8) is 0 Å². The molecule has 0 N–H and O–H groups in total. The van der Waals surface area contributed by atoms with Gasteiger partial charge in [0, 0.05) is 6.20 Å². The molecular weight excluding hydrogens is 365 g/mol. The highest BCUT2D eigenvalue weighted by Crippen LogP contribution is 2.35. The molecule has 1 fully saturated rings. The van der Waals surface area contributed by atoms with Crippen molar-refractivity contribution in [1.82, 2.24) is 9.88 Å². The molecular formula is C18H15F3N2O4. The molecule has 0 aliphatic carbocycles. The molecule has 1 saturated heterocycles. The van der Waals surface area contributed by atoms with E-state index in [1.54, 1.807) is 12.1 Å². The fourth-order valence-electron chi connectivity index (χ4n) is 2.66. The van der Waals surface area contributed by atoms with Crippen molar-refractivity contribution in [2.24, 2.45) is 0 Å². The Labute approximate surface area is 152 Å². The summed E-state index contributed by atoms with van der Waals surface area (Å²) in [6.45, 7) is 0.171. The molecule has 9 heteroatoms. The number of benzene rings is 1. The quantitative estimate of drug-likeness (QED) is 0.763. The fraction of sp³-hybridized carbons (Fsp3) is 0.278. The molecule has 2 heterocycles. The summed E-state index contributed by atoms with van der Waals surface area (Å²) in [7, 11) is 1.21. The van der Waals surface area contributed by atoms with E-state index >= 15 is 0 Å². The van der Waals surface area contributed by atoms with Crippen LogP contribution in [0.4, 0.5) is 13.2 Å². The number of amides is 1. The molecule has 1 aromatic carbocycles. The summed E-state index contributed by atoms with van der Waals surface area (Å²) in [6.07, 6.45) is -3.99. The first-order valence-electron chi connectivity index (χ1n) is 7.96. The average Bonchev–Trinajstić information content (AvgIpc) is 2.62. The monoisotopic (exact) mass is 380 g/mol. The highest BCUT2D eigenvalue weighted by Gasteiger charge is 2.39. The minimum atomic E-state index is -4.58. The number of alkyl halides is 3. The first-order chi connectivity index (χ1) is 12.8. The molecule has 0 spiro atoms. The number of pyridine rings is 1. The minimum Gasteiger partial charge on any atom is -0.470 e. The number of likely N-dealkylation sites (tertiary alicyclic amines) is 1. The van der Waals surface area contributed by atoms with Crippen molar-refractivity contribution in [2.75, 3.05) is 20.2 Å². The van der Waals surface area contributed by atoms with E-state index < -0.39 is 35.6 Å². The number of rotatable bonds is 4. The average molecular weight is 380 g/mol. The van der Waals surface area contributed by atoms with Crippen molar-refractivity contribution in [3.8, 4) is 5.88 Å². The summed E-state index contributed by atoms with van der Waals surface area (Å²) in [5, 5.41) is 0. The molecule has 3 rings (SSSR count). The zero-order chi connectivity index (χ0) is 19.6. The highest BCUT2D eigenvalue weighted by atomic mass is 19.4. The van der Waals surface area contributed by atoms with Crippen LogP contribution in [0.15, 0.2) is 42.6 Å². The van der Waals surface area contributed by atoms with E-state index in [1.807, 2.05) is 0 Å². The molecule has 142 valence electrons. The summed E-state index contributed by atoms with van der Waals surface area (Å²) in [5.74, 6) is -1.58. The summed E-state index contributed by atoms with van der Waals surface area (Å²) in [4.78, 5) is 29.3. The topological polar surface area (TPSA) is 68.7 Å². The van der Waals surface area contributed by atoms with Crippen molar-refractivity contribution >= 4 is 11.9 Å². The third kappa shape index (κ3) is 3.86. The lowest BCUT2D eigenvalue weighted by Crippen LogP contribution is -2.56. The minimum absolute atomic E-state index is 0.0855. The van der Waals surface area contributed by atoms with Gasteiger partial charge in [-0.05, 0) is 24.3 Å². The van der Waals surface area contributed by atoms with E-state index in [9.17, 15) is 22.8 Å². The van der Waals surface area contributed by atoms with Crippen LogP contribution >= 0.6 is 0 Å². The van der Waals surface area contributed by atoms with Gasteiger partial charge < -0.3 is 14.4 Å². The Morgan fingerprint density at radius 1 is 1.11 bits per heavy atom. The molecule has 0 radical (unpaired) electrons. The molecule has 1 aliphatic rings. The normalized spacial score (nSPS) is 14.4. The number of hydrogen-bond donors (Lipinski definition) is 0. The zero-order valence-electron chi connectivity index (χ0n) is 14.2. The van der Waals surface area contributed by atoms with Crippen molar-refractivity contribution in [3.05, 3.63) is 59.3 Å². The van der Waals surface area contributed by atoms with Crippen LogP contribution in [0, 0.1) is 0 Å². The number of carbonyl (C=O) groups is 2. The summed E-state index contributed by atoms with van der Waals surface area (Å²) in [5.41, 5.74) is -0.680. The number of esters is 1. The molecule has 1 amide bonds. The van der Waals surface area contributed by atoms with Crippen LogP contribution in [0.5, 0.6) is 5.88 Å².